The van der Waals surface area contributed by atoms with E-state index < -0.39 is 34.6 Å². The summed E-state index contributed by atoms with van der Waals surface area (Å²) in [6.45, 7) is 2.72. The Balaban J connectivity index is 1.57. The van der Waals surface area contributed by atoms with Crippen molar-refractivity contribution in [2.24, 2.45) is 0 Å². The van der Waals surface area contributed by atoms with Gasteiger partial charge in [-0.2, -0.15) is 0 Å². The molecule has 2 aromatic carbocycles. The largest absolute Gasteiger partial charge is 0.385 e. The molecule has 2 aromatic rings. The Morgan fingerprint density at radius 2 is 1.93 bits per heavy atom. The number of nitrogens with one attached hydrogen (secondary N) is 2. The van der Waals surface area contributed by atoms with E-state index in [-0.39, 0.29) is 30.4 Å². The van der Waals surface area contributed by atoms with E-state index in [4.69, 9.17) is 0 Å². The Morgan fingerprint density at radius 1 is 1.17 bits per heavy atom. The number of anilines is 2. The summed E-state index contributed by atoms with van der Waals surface area (Å²) in [5.74, 6) is -3.60. The number of benzene rings is 2. The third-order valence-corrected chi connectivity index (χ3v) is 5.88. The van der Waals surface area contributed by atoms with Crippen LogP contribution in [0.5, 0.6) is 0 Å². The smallest absolute Gasteiger partial charge is 0.256 e. The third-order valence-electron chi connectivity index (χ3n) is 5.88. The predicted molar refractivity (Wildman–Crippen MR) is 107 cm³/mol. The van der Waals surface area contributed by atoms with Crippen molar-refractivity contribution >= 4 is 17.3 Å². The molecule has 1 amide bonds. The summed E-state index contributed by atoms with van der Waals surface area (Å²) in [6, 6.07) is 6.23. The van der Waals surface area contributed by atoms with Gasteiger partial charge in [-0.25, -0.2) is 13.2 Å². The number of nitrogens with zero attached hydrogens (tertiary/aromatic N) is 1. The monoisotopic (exact) mass is 419 g/mol. The first-order valence-electron chi connectivity index (χ1n) is 10.0. The zero-order chi connectivity index (χ0) is 21.5. The number of amides is 1. The molecule has 4 rings (SSSR count). The molecule has 2 aliphatic heterocycles. The molecular formula is C22H24F3N3O2. The molecule has 2 aliphatic rings. The second-order valence-electron chi connectivity index (χ2n) is 8.16. The maximum absolute atomic E-state index is 14.6. The maximum Gasteiger partial charge on any atom is 0.256 e. The van der Waals surface area contributed by atoms with Crippen LogP contribution in [0, 0.1) is 24.4 Å². The van der Waals surface area contributed by atoms with Crippen molar-refractivity contribution < 1.29 is 23.1 Å². The van der Waals surface area contributed by atoms with Crippen LogP contribution in [0.4, 0.5) is 24.5 Å². The van der Waals surface area contributed by atoms with E-state index in [1.165, 1.54) is 23.1 Å². The summed E-state index contributed by atoms with van der Waals surface area (Å²) in [6.07, 6.45) is 2.88. The Labute approximate surface area is 172 Å². The predicted octanol–water partition coefficient (Wildman–Crippen LogP) is 3.48. The van der Waals surface area contributed by atoms with Gasteiger partial charge < -0.3 is 20.6 Å². The summed E-state index contributed by atoms with van der Waals surface area (Å²) in [4.78, 5) is 14.4. The van der Waals surface area contributed by atoms with E-state index in [0.29, 0.717) is 5.56 Å². The van der Waals surface area contributed by atoms with Crippen LogP contribution in [0.1, 0.15) is 35.2 Å². The second-order valence-corrected chi connectivity index (χ2v) is 8.16. The molecule has 0 aliphatic carbocycles. The van der Waals surface area contributed by atoms with Gasteiger partial charge >= 0.3 is 0 Å². The minimum Gasteiger partial charge on any atom is -0.385 e. The number of aryl methyl sites for hydroxylation is 1. The second kappa shape index (κ2) is 7.92. The van der Waals surface area contributed by atoms with Gasteiger partial charge in [0.2, 0.25) is 0 Å². The van der Waals surface area contributed by atoms with E-state index in [9.17, 15) is 23.1 Å². The Kier molecular flexibility index (Phi) is 5.46. The van der Waals surface area contributed by atoms with Gasteiger partial charge in [-0.15, -0.1) is 0 Å². The van der Waals surface area contributed by atoms with Gasteiger partial charge in [0.15, 0.2) is 11.6 Å². The molecule has 0 radical (unpaired) electrons. The van der Waals surface area contributed by atoms with Gasteiger partial charge in [-0.1, -0.05) is 12.5 Å². The van der Waals surface area contributed by atoms with Gasteiger partial charge in [0.05, 0.1) is 30.0 Å². The molecule has 0 saturated carbocycles. The first-order chi connectivity index (χ1) is 14.3. The summed E-state index contributed by atoms with van der Waals surface area (Å²) >= 11 is 0. The SMILES string of the molecule is Cc1ccc(Nc2c(C(=O)N3CC(O)(C4CCCCN4)C3)ccc(F)c2F)c(F)c1. The minimum absolute atomic E-state index is 0.0642. The molecule has 0 bridgehead atoms. The summed E-state index contributed by atoms with van der Waals surface area (Å²) in [5, 5.41) is 16.6. The first kappa shape index (κ1) is 20.7. The van der Waals surface area contributed by atoms with Crippen molar-refractivity contribution in [2.75, 3.05) is 25.0 Å². The van der Waals surface area contributed by atoms with Crippen molar-refractivity contribution in [1.82, 2.24) is 10.2 Å². The van der Waals surface area contributed by atoms with Crippen LogP contribution in [0.15, 0.2) is 30.3 Å². The fraction of sp³-hybridized carbons (Fsp3) is 0.409. The number of rotatable bonds is 4. The molecule has 0 aromatic heterocycles. The summed E-state index contributed by atoms with van der Waals surface area (Å²) < 4.78 is 42.7. The van der Waals surface area contributed by atoms with E-state index in [1.807, 2.05) is 0 Å². The molecule has 5 nitrogen and oxygen atoms in total. The molecule has 30 heavy (non-hydrogen) atoms. The van der Waals surface area contributed by atoms with Crippen LogP contribution in [-0.4, -0.2) is 47.2 Å². The Morgan fingerprint density at radius 3 is 2.60 bits per heavy atom. The van der Waals surface area contributed by atoms with Gasteiger partial charge in [-0.05, 0) is 56.1 Å². The van der Waals surface area contributed by atoms with Crippen LogP contribution in [-0.2, 0) is 0 Å². The van der Waals surface area contributed by atoms with Gasteiger partial charge in [0.25, 0.3) is 5.91 Å². The maximum atomic E-state index is 14.6. The molecule has 1 atom stereocenters. The minimum atomic E-state index is -1.26. The molecule has 2 fully saturated rings. The summed E-state index contributed by atoms with van der Waals surface area (Å²) in [7, 11) is 0. The van der Waals surface area contributed by atoms with Crippen LogP contribution < -0.4 is 10.6 Å². The molecule has 1 unspecified atom stereocenters. The van der Waals surface area contributed by atoms with E-state index in [0.717, 1.165) is 31.9 Å². The number of aliphatic hydroxyl groups is 1. The summed E-state index contributed by atoms with van der Waals surface area (Å²) in [5.41, 5.74) is -0.969. The van der Waals surface area contributed by atoms with Crippen molar-refractivity contribution in [3.05, 3.63) is 58.9 Å². The van der Waals surface area contributed by atoms with E-state index >= 15 is 0 Å². The molecular weight excluding hydrogens is 395 g/mol. The molecule has 2 heterocycles. The standard InChI is InChI=1S/C22H24F3N3O2/c1-13-5-8-17(16(24)10-13)27-20-14(6-7-15(23)19(20)25)21(29)28-11-22(30,12-28)18-4-2-3-9-26-18/h5-8,10,18,26-27,30H,2-4,9,11-12H2,1H3. The average molecular weight is 419 g/mol. The van der Waals surface area contributed by atoms with Gasteiger partial charge in [-0.3, -0.25) is 4.79 Å². The quantitative estimate of drug-likeness (QED) is 0.710. The lowest BCUT2D eigenvalue weighted by atomic mass is 9.81. The third kappa shape index (κ3) is 3.77. The highest BCUT2D eigenvalue weighted by Gasteiger charge is 2.49. The lowest BCUT2D eigenvalue weighted by Crippen LogP contribution is -2.72. The fourth-order valence-corrected chi connectivity index (χ4v) is 4.17. The first-order valence-corrected chi connectivity index (χ1v) is 10.0. The van der Waals surface area contributed by atoms with E-state index in [2.05, 4.69) is 10.6 Å². The van der Waals surface area contributed by atoms with Crippen LogP contribution >= 0.6 is 0 Å². The molecule has 2 saturated heterocycles. The number of β-amino-alcohol motifs (C(OH)–C–C–N with tert-alkyl or cyclic N) is 1. The van der Waals surface area contributed by atoms with E-state index in [1.54, 1.807) is 13.0 Å². The van der Waals surface area contributed by atoms with Crippen LogP contribution in [0.3, 0.4) is 0 Å². The molecule has 8 heteroatoms. The lowest BCUT2D eigenvalue weighted by molar-refractivity contribution is -0.108. The van der Waals surface area contributed by atoms with Gasteiger partial charge in [0.1, 0.15) is 11.4 Å². The van der Waals surface area contributed by atoms with Gasteiger partial charge in [0, 0.05) is 6.04 Å². The Bertz CT molecular complexity index is 970. The zero-order valence-corrected chi connectivity index (χ0v) is 16.6. The number of halogens is 3. The highest BCUT2D eigenvalue weighted by Crippen LogP contribution is 2.34. The topological polar surface area (TPSA) is 64.6 Å². The molecule has 3 N–H and O–H groups in total. The lowest BCUT2D eigenvalue weighted by Gasteiger charge is -2.51. The fourth-order valence-electron chi connectivity index (χ4n) is 4.17. The van der Waals surface area contributed by atoms with Crippen molar-refractivity contribution in [3.63, 3.8) is 0 Å². The highest BCUT2D eigenvalue weighted by molar-refractivity contribution is 6.01. The number of piperidine rings is 1. The molecule has 0 spiro atoms. The van der Waals surface area contributed by atoms with Crippen LogP contribution in [0.2, 0.25) is 0 Å². The van der Waals surface area contributed by atoms with Crippen molar-refractivity contribution in [3.8, 4) is 0 Å². The van der Waals surface area contributed by atoms with Crippen molar-refractivity contribution in [1.29, 1.82) is 0 Å². The zero-order valence-electron chi connectivity index (χ0n) is 16.6. The normalized spacial score (nSPS) is 20.6. The highest BCUT2D eigenvalue weighted by atomic mass is 19.2. The number of carbonyl (C=O) groups is 1. The number of hydrogen-bond donors (Lipinski definition) is 3. The number of hydrogen-bond acceptors (Lipinski definition) is 4. The van der Waals surface area contributed by atoms with Crippen LogP contribution in [0.25, 0.3) is 0 Å². The Hall–Kier alpha value is -2.58. The molecule has 160 valence electrons. The number of carbonyl (C=O) groups excluding carboxylic acids is 1. The van der Waals surface area contributed by atoms with Crippen molar-refractivity contribution in [2.45, 2.75) is 37.8 Å². The average Bonchev–Trinajstić information content (AvgIpc) is 2.71. The number of likely N-dealkylation sites (tertiary alicyclic amines) is 1.